The van der Waals surface area contributed by atoms with Gasteiger partial charge >= 0.3 is 0 Å². The average Bonchev–Trinajstić information content (AvgIpc) is 2.13. The van der Waals surface area contributed by atoms with Crippen molar-refractivity contribution in [2.45, 2.75) is 0 Å². The molecule has 0 spiro atoms. The van der Waals surface area contributed by atoms with E-state index in [9.17, 15) is 0 Å². The Morgan fingerprint density at radius 3 is 3.33 bits per heavy atom. The van der Waals surface area contributed by atoms with Crippen molar-refractivity contribution in [2.75, 3.05) is 0 Å². The number of terminal acetylenes is 1. The van der Waals surface area contributed by atoms with Crippen molar-refractivity contribution >= 4 is 11.7 Å². The van der Waals surface area contributed by atoms with Crippen LogP contribution in [0.3, 0.4) is 0 Å². The third-order valence-corrected chi connectivity index (χ3v) is 0.753. The summed E-state index contributed by atoms with van der Waals surface area (Å²) >= 11 is 0. The smallest absolute Gasteiger partial charge is 0.212 e. The monoisotopic (exact) mass is 116 g/mol. The number of hydrogen-bond acceptors (Lipinski definition) is 2. The summed E-state index contributed by atoms with van der Waals surface area (Å²) in [5.41, 5.74) is 0. The van der Waals surface area contributed by atoms with Gasteiger partial charge in [0.15, 0.2) is 0 Å². The van der Waals surface area contributed by atoms with Gasteiger partial charge in [0.05, 0.1) is 0 Å². The van der Waals surface area contributed by atoms with Crippen molar-refractivity contribution in [1.82, 2.24) is 0 Å². The first-order valence-corrected chi connectivity index (χ1v) is 2.42. The van der Waals surface area contributed by atoms with Crippen LogP contribution in [0.1, 0.15) is 0 Å². The van der Waals surface area contributed by atoms with Gasteiger partial charge in [-0.1, -0.05) is 0 Å². The van der Waals surface area contributed by atoms with E-state index in [0.717, 1.165) is 0 Å². The summed E-state index contributed by atoms with van der Waals surface area (Å²) < 4.78 is 0. The molecule has 2 heteroatoms. The fraction of sp³-hybridized carbons (Fsp3) is 0. The predicted octanol–water partition coefficient (Wildman–Crippen LogP) is 0.771. The summed E-state index contributed by atoms with van der Waals surface area (Å²) in [5.74, 6) is 5.24. The molecule has 0 aromatic heterocycles. The molecule has 0 bridgehead atoms. The molecule has 0 N–H and O–H groups in total. The molecule has 0 fully saturated rings. The van der Waals surface area contributed by atoms with Crippen LogP contribution in [0.15, 0.2) is 28.3 Å². The molecule has 0 amide bonds. The lowest BCUT2D eigenvalue weighted by molar-refractivity contribution is 1.54. The second-order valence-electron chi connectivity index (χ2n) is 1.35. The Morgan fingerprint density at radius 1 is 1.67 bits per heavy atom. The second kappa shape index (κ2) is 2.66. The fourth-order valence-electron chi connectivity index (χ4n) is 0.397. The van der Waals surface area contributed by atoms with Gasteiger partial charge in [-0.05, 0) is 17.9 Å². The Hall–Kier alpha value is -1.58. The molecule has 0 saturated heterocycles. The van der Waals surface area contributed by atoms with E-state index < -0.39 is 0 Å². The number of nitrogens with zero attached hydrogens (tertiary/aromatic N) is 2. The molecule has 42 valence electrons. The Balaban J connectivity index is 2.99. The van der Waals surface area contributed by atoms with E-state index in [0.29, 0.717) is 5.84 Å². The van der Waals surface area contributed by atoms with Crippen molar-refractivity contribution in [1.29, 1.82) is 0 Å². The zero-order chi connectivity index (χ0) is 6.53. The molecule has 0 aromatic carbocycles. The summed E-state index contributed by atoms with van der Waals surface area (Å²) in [4.78, 5) is 7.47. The molecule has 1 rings (SSSR count). The molecule has 0 unspecified atom stereocenters. The minimum Gasteiger partial charge on any atom is -0.229 e. The van der Waals surface area contributed by atoms with Crippen LogP contribution in [-0.2, 0) is 0 Å². The number of aliphatic imine (C=N–C) groups is 2. The normalized spacial score (nSPS) is 14.3. The Bertz CT molecular complexity index is 257. The van der Waals surface area contributed by atoms with Gasteiger partial charge in [-0.25, -0.2) is 4.99 Å². The summed E-state index contributed by atoms with van der Waals surface area (Å²) in [6, 6.07) is 0. The molecule has 9 heavy (non-hydrogen) atoms. The van der Waals surface area contributed by atoms with Crippen molar-refractivity contribution in [2.24, 2.45) is 9.98 Å². The van der Waals surface area contributed by atoms with Gasteiger partial charge in [0.2, 0.25) is 5.84 Å². The lowest BCUT2D eigenvalue weighted by Crippen LogP contribution is -1.83. The largest absolute Gasteiger partial charge is 0.229 e. The van der Waals surface area contributed by atoms with E-state index in [4.69, 9.17) is 6.42 Å². The number of amidine groups is 1. The summed E-state index contributed by atoms with van der Waals surface area (Å²) in [7, 11) is 0. The SMILES string of the molecule is C#CC1=NC=CC=C=N1. The summed E-state index contributed by atoms with van der Waals surface area (Å²) in [5, 5.41) is 0. The molecule has 1 heterocycles. The third-order valence-electron chi connectivity index (χ3n) is 0.753. The second-order valence-corrected chi connectivity index (χ2v) is 1.35. The first-order valence-electron chi connectivity index (χ1n) is 2.42. The summed E-state index contributed by atoms with van der Waals surface area (Å²) in [6.07, 6.45) is 9.96. The average molecular weight is 116 g/mol. The minimum atomic E-state index is 0.361. The molecule has 1 aliphatic heterocycles. The van der Waals surface area contributed by atoms with Crippen LogP contribution in [0.4, 0.5) is 0 Å². The first kappa shape index (κ1) is 5.55. The van der Waals surface area contributed by atoms with Crippen LogP contribution < -0.4 is 0 Å². The molecular formula is C7H4N2. The number of rotatable bonds is 0. The molecule has 1 aliphatic rings. The summed E-state index contributed by atoms with van der Waals surface area (Å²) in [6.45, 7) is 0. The molecule has 0 radical (unpaired) electrons. The molecular weight excluding hydrogens is 112 g/mol. The van der Waals surface area contributed by atoms with E-state index in [-0.39, 0.29) is 0 Å². The van der Waals surface area contributed by atoms with Crippen LogP contribution in [-0.4, -0.2) is 11.7 Å². The van der Waals surface area contributed by atoms with E-state index in [1.807, 2.05) is 0 Å². The lowest BCUT2D eigenvalue weighted by Gasteiger charge is -1.77. The van der Waals surface area contributed by atoms with E-state index in [1.54, 1.807) is 18.4 Å². The van der Waals surface area contributed by atoms with Crippen molar-refractivity contribution in [3.05, 3.63) is 18.4 Å². The van der Waals surface area contributed by atoms with Gasteiger partial charge in [0.1, 0.15) is 0 Å². The molecule has 0 atom stereocenters. The molecule has 0 aliphatic carbocycles. The van der Waals surface area contributed by atoms with Gasteiger partial charge in [-0.2, -0.15) is 4.99 Å². The van der Waals surface area contributed by atoms with Crippen LogP contribution in [0.25, 0.3) is 0 Å². The van der Waals surface area contributed by atoms with Gasteiger partial charge in [-0.15, -0.1) is 6.42 Å². The van der Waals surface area contributed by atoms with Crippen LogP contribution in [0.5, 0.6) is 0 Å². The molecule has 0 saturated carbocycles. The van der Waals surface area contributed by atoms with E-state index >= 15 is 0 Å². The maximum atomic E-state index is 5.01. The van der Waals surface area contributed by atoms with Gasteiger partial charge in [0, 0.05) is 12.3 Å². The maximum absolute atomic E-state index is 5.01. The fourth-order valence-corrected chi connectivity index (χ4v) is 0.397. The zero-order valence-electron chi connectivity index (χ0n) is 4.70. The number of hydrogen-bond donors (Lipinski definition) is 0. The third kappa shape index (κ3) is 1.41. The van der Waals surface area contributed by atoms with Crippen molar-refractivity contribution in [3.8, 4) is 12.3 Å². The van der Waals surface area contributed by atoms with Gasteiger partial charge in [0.25, 0.3) is 0 Å². The van der Waals surface area contributed by atoms with Crippen molar-refractivity contribution in [3.63, 3.8) is 0 Å². The maximum Gasteiger partial charge on any atom is 0.212 e. The lowest BCUT2D eigenvalue weighted by atomic mass is 10.6. The van der Waals surface area contributed by atoms with E-state index in [2.05, 4.69) is 21.8 Å². The minimum absolute atomic E-state index is 0.361. The van der Waals surface area contributed by atoms with Crippen LogP contribution >= 0.6 is 0 Å². The quantitative estimate of drug-likeness (QED) is 0.418. The van der Waals surface area contributed by atoms with Crippen molar-refractivity contribution < 1.29 is 0 Å². The Labute approximate surface area is 53.3 Å². The van der Waals surface area contributed by atoms with Gasteiger partial charge < -0.3 is 0 Å². The highest BCUT2D eigenvalue weighted by molar-refractivity contribution is 6.02. The van der Waals surface area contributed by atoms with Gasteiger partial charge in [-0.3, -0.25) is 0 Å². The Morgan fingerprint density at radius 2 is 2.56 bits per heavy atom. The van der Waals surface area contributed by atoms with Crippen LogP contribution in [0, 0.1) is 12.3 Å². The first-order chi connectivity index (χ1) is 4.43. The highest BCUT2D eigenvalue weighted by Crippen LogP contribution is 1.84. The highest BCUT2D eigenvalue weighted by atomic mass is 14.9. The Kier molecular flexibility index (Phi) is 1.64. The number of allylic oxidation sites excluding steroid dienone is 2. The highest BCUT2D eigenvalue weighted by Gasteiger charge is 1.83. The topological polar surface area (TPSA) is 24.7 Å². The molecule has 0 aromatic rings. The zero-order valence-corrected chi connectivity index (χ0v) is 4.70. The standard InChI is InChI=1S/C7H4N2/c1-2-7-8-5-3-4-6-9-7/h1,3-5H. The predicted molar refractivity (Wildman–Crippen MR) is 37.4 cm³/mol. The van der Waals surface area contributed by atoms with Crippen LogP contribution in [0.2, 0.25) is 0 Å². The van der Waals surface area contributed by atoms with E-state index in [1.165, 1.54) is 0 Å². The molecule has 2 nitrogen and oxygen atoms in total.